The Bertz CT molecular complexity index is 5320. The molecule has 0 aliphatic heterocycles. The van der Waals surface area contributed by atoms with Crippen molar-refractivity contribution in [3.63, 3.8) is 0 Å². The van der Waals surface area contributed by atoms with Gasteiger partial charge in [-0.25, -0.2) is 60.7 Å². The first-order chi connectivity index (χ1) is 56.1. The Kier molecular flexibility index (Phi) is 29.9. The third-order valence-electron chi connectivity index (χ3n) is 18.0. The largest absolute Gasteiger partial charge is 1.00 e. The molecule has 0 saturated heterocycles. The molecule has 0 amide bonds. The molecule has 6 aromatic carbocycles. The van der Waals surface area contributed by atoms with Crippen molar-refractivity contribution in [3.05, 3.63) is 190 Å². The van der Waals surface area contributed by atoms with Gasteiger partial charge in [0.2, 0.25) is 40.3 Å². The van der Waals surface area contributed by atoms with Gasteiger partial charge in [-0.05, 0) is 112 Å². The summed E-state index contributed by atoms with van der Waals surface area (Å²) < 4.78 is 152. The number of methoxy groups -OCH3 is 6. The number of carbonyl (C=O) groups excluding carboxylic acids is 4. The maximum absolute atomic E-state index is 14.1. The second kappa shape index (κ2) is 39.5. The van der Waals surface area contributed by atoms with Crippen LogP contribution >= 0.6 is 23.2 Å². The molecule has 4 aliphatic rings. The second-order valence-electron chi connectivity index (χ2n) is 26.6. The number of carboxylic acid groups (broad SMARTS) is 1. The van der Waals surface area contributed by atoms with E-state index in [0.29, 0.717) is 114 Å². The van der Waals surface area contributed by atoms with Crippen molar-refractivity contribution in [1.29, 1.82) is 0 Å². The van der Waals surface area contributed by atoms with Crippen molar-refractivity contribution in [2.24, 2.45) is 0 Å². The van der Waals surface area contributed by atoms with Crippen LogP contribution in [0.5, 0.6) is 46.5 Å². The fraction of sp³-hybridized carbons (Fsp3) is 0.317. The minimum Gasteiger partial charge on any atom is -0.546 e. The number of benzene rings is 6. The molecule has 4 heterocycles. The minimum absolute atomic E-state index is 0. The van der Waals surface area contributed by atoms with Crippen LogP contribution in [0, 0.1) is 48.8 Å². The number of carbonyl (C=O) groups is 4. The Labute approximate surface area is 703 Å². The fourth-order valence-electron chi connectivity index (χ4n) is 11.3. The molecule has 0 spiro atoms. The third kappa shape index (κ3) is 22.6. The van der Waals surface area contributed by atoms with Crippen molar-refractivity contribution in [2.75, 3.05) is 82.3 Å². The van der Waals surface area contributed by atoms with Gasteiger partial charge in [0.15, 0.2) is 17.2 Å². The van der Waals surface area contributed by atoms with Crippen LogP contribution in [0.25, 0.3) is 67.8 Å². The molecular formula is C82H75Cl2F6N8NaO19. The summed E-state index contributed by atoms with van der Waals surface area (Å²) in [5.41, 5.74) is -0.714. The number of carboxylic acids is 1. The first-order valence-corrected chi connectivity index (χ1v) is 36.7. The zero-order valence-corrected chi connectivity index (χ0v) is 68.5. The number of rotatable bonds is 30. The van der Waals surface area contributed by atoms with Gasteiger partial charge in [-0.1, -0.05) is 23.2 Å². The molecule has 4 saturated carbocycles. The van der Waals surface area contributed by atoms with E-state index in [9.17, 15) is 55.7 Å². The zero-order chi connectivity index (χ0) is 83.9. The standard InChI is InChI=1S/C24H21ClF2N2O5.C23H19ClF2N2O5.C19H21FN2O5.C16H15FN2O4.Na/c1-31-9-10-33-20-12-15(26)4-5-16(20)19-13-21(34-24(7-8-24)23(30)32-2)29-22(28-19)14-3-6-17(25)18(27)11-14;1-31-8-9-32-19-11-14(25)3-4-15(19)18-12-20(33-23(6-7-23)22(29)30)28-21(27-18)13-2-5-16(24)17(26)10-13;1-12-21-15(11-17(22-12)27-19(6-7-19)18(23)25-3)14-5-4-13(20)10-16(14)26-9-8-24-2;1-9-18-12(11-4-3-10(17)7-13(11)20)8-14(19-9)23-16(5-6-16)15(21)22-2;/h3-6,11-13H,7-10H2,1-2H3;2-5,10-12H,6-9H2,1H3,(H,29,30);4-5,10-11H,6-9H2,1-3H3;3-4,7-8,20H,5-6H2,1-2H3;/q;;;;+1/p-1. The van der Waals surface area contributed by atoms with Crippen molar-refractivity contribution in [3.8, 4) is 114 Å². The Morgan fingerprint density at radius 1 is 0.381 bits per heavy atom. The molecule has 4 fully saturated rings. The SMILES string of the molecule is COC(=O)C1(Oc2cc(-c3ccc(F)cc3O)nc(C)n2)CC1.COCCOc1cc(F)ccc1-c1cc(OC2(C(=O)OC)CC2)nc(-c2ccc(Cl)c(F)c2)n1.COCCOc1cc(F)ccc1-c1cc(OC2(C(=O)OC)CC2)nc(C)n1.COCCOc1cc(F)ccc1-c1cc(OC2(C(=O)[O-])CC2)nc(-c2ccc(Cl)c(F)c2)n1.[Na+]. The van der Waals surface area contributed by atoms with Gasteiger partial charge in [-0.2, -0.15) is 19.9 Å². The first-order valence-electron chi connectivity index (χ1n) is 35.9. The summed E-state index contributed by atoms with van der Waals surface area (Å²) in [6, 6.07) is 29.9. The molecule has 36 heteroatoms. The molecule has 27 nitrogen and oxygen atoms in total. The maximum Gasteiger partial charge on any atom is 1.00 e. The van der Waals surface area contributed by atoms with Gasteiger partial charge < -0.3 is 76.6 Å². The molecule has 1 N–H and O–H groups in total. The van der Waals surface area contributed by atoms with E-state index in [2.05, 4.69) is 39.9 Å². The number of aliphatic carboxylic acids is 1. The van der Waals surface area contributed by atoms with Gasteiger partial charge in [0, 0.05) is 142 Å². The normalized spacial score (nSPS) is 14.2. The Morgan fingerprint density at radius 2 is 0.678 bits per heavy atom. The Morgan fingerprint density at radius 3 is 0.975 bits per heavy atom. The van der Waals surface area contributed by atoms with Gasteiger partial charge in [-0.3, -0.25) is 0 Å². The van der Waals surface area contributed by atoms with E-state index >= 15 is 0 Å². The van der Waals surface area contributed by atoms with Gasteiger partial charge in [0.05, 0.1) is 79.9 Å². The number of phenols is 1. The van der Waals surface area contributed by atoms with E-state index in [0.717, 1.165) is 12.1 Å². The van der Waals surface area contributed by atoms with Crippen LogP contribution in [-0.4, -0.2) is 174 Å². The molecule has 4 aromatic heterocycles. The van der Waals surface area contributed by atoms with Gasteiger partial charge in [0.25, 0.3) is 0 Å². The first kappa shape index (κ1) is 89.3. The smallest absolute Gasteiger partial charge is 0.546 e. The summed E-state index contributed by atoms with van der Waals surface area (Å²) in [6.45, 7) is 4.92. The quantitative estimate of drug-likeness (QED) is 0.0144. The average Bonchev–Trinajstić information content (AvgIpc) is 1.55. The number of halogens is 8. The number of phenolic OH excluding ortho intramolecular Hbond substituents is 1. The molecule has 0 bridgehead atoms. The number of aryl methyl sites for hydroxylation is 2. The molecule has 14 rings (SSSR count). The number of ether oxygens (including phenoxy) is 13. The van der Waals surface area contributed by atoms with E-state index < -0.39 is 81.2 Å². The topological polar surface area (TPSA) is 335 Å². The van der Waals surface area contributed by atoms with Gasteiger partial charge in [0.1, 0.15) is 89.4 Å². The molecule has 10 aromatic rings. The number of aromatic nitrogens is 8. The molecule has 118 heavy (non-hydrogen) atoms. The fourth-order valence-corrected chi connectivity index (χ4v) is 11.6. The van der Waals surface area contributed by atoms with Gasteiger partial charge >= 0.3 is 47.5 Å². The molecule has 0 atom stereocenters. The third-order valence-corrected chi connectivity index (χ3v) is 18.6. The average molecular weight is 1680 g/mol. The monoisotopic (exact) mass is 1680 g/mol. The van der Waals surface area contributed by atoms with Crippen molar-refractivity contribution < 1.29 is 147 Å². The second-order valence-corrected chi connectivity index (χ2v) is 27.4. The van der Waals surface area contributed by atoms with Crippen LogP contribution in [0.1, 0.15) is 63.0 Å². The summed E-state index contributed by atoms with van der Waals surface area (Å²) in [5, 5.41) is 21.3. The van der Waals surface area contributed by atoms with Crippen LogP contribution in [-0.2, 0) is 47.6 Å². The summed E-state index contributed by atoms with van der Waals surface area (Å²) in [7, 11) is 8.50. The van der Waals surface area contributed by atoms with E-state index in [4.69, 9.17) is 84.8 Å². The van der Waals surface area contributed by atoms with E-state index in [1.165, 1.54) is 139 Å². The summed E-state index contributed by atoms with van der Waals surface area (Å²) >= 11 is 11.6. The van der Waals surface area contributed by atoms with Gasteiger partial charge in [-0.15, -0.1) is 0 Å². The van der Waals surface area contributed by atoms with Crippen LogP contribution in [0.15, 0.2) is 133 Å². The molecular weight excluding hydrogens is 1610 g/mol. The predicted molar refractivity (Wildman–Crippen MR) is 405 cm³/mol. The van der Waals surface area contributed by atoms with E-state index in [-0.39, 0.29) is 143 Å². The molecule has 0 unspecified atom stereocenters. The minimum atomic E-state index is -1.48. The Balaban J connectivity index is 0.000000167. The molecule has 0 radical (unpaired) electrons. The Hall–Kier alpha value is -11.0. The van der Waals surface area contributed by atoms with Crippen LogP contribution in [0.4, 0.5) is 26.3 Å². The number of hydrogen-bond donors (Lipinski definition) is 1. The van der Waals surface area contributed by atoms with Crippen LogP contribution < -0.4 is 67.8 Å². The van der Waals surface area contributed by atoms with Crippen molar-refractivity contribution in [1.82, 2.24) is 39.9 Å². The van der Waals surface area contributed by atoms with Crippen molar-refractivity contribution in [2.45, 2.75) is 87.6 Å². The number of nitrogens with zero attached hydrogens (tertiary/aromatic N) is 8. The molecule has 4 aliphatic carbocycles. The predicted octanol–water partition coefficient (Wildman–Crippen LogP) is 10.4. The summed E-state index contributed by atoms with van der Waals surface area (Å²) in [6.07, 6.45) is 3.71. The summed E-state index contributed by atoms with van der Waals surface area (Å²) in [4.78, 5) is 82.0. The number of esters is 3. The van der Waals surface area contributed by atoms with E-state index in [1.54, 1.807) is 39.2 Å². The maximum atomic E-state index is 14.1. The number of aromatic hydroxyl groups is 1. The van der Waals surface area contributed by atoms with E-state index in [1.807, 2.05) is 0 Å². The molecule has 614 valence electrons. The van der Waals surface area contributed by atoms with Crippen LogP contribution in [0.2, 0.25) is 10.0 Å². The summed E-state index contributed by atoms with van der Waals surface area (Å²) in [5.74, 6) is -4.01. The van der Waals surface area contributed by atoms with Crippen molar-refractivity contribution >= 4 is 47.1 Å². The number of hydrogen-bond acceptors (Lipinski definition) is 27. The van der Waals surface area contributed by atoms with Crippen LogP contribution in [0.3, 0.4) is 0 Å². The zero-order valence-electron chi connectivity index (χ0n) is 65.0.